The summed E-state index contributed by atoms with van der Waals surface area (Å²) in [5.41, 5.74) is 9.91. The van der Waals surface area contributed by atoms with Crippen molar-refractivity contribution in [3.63, 3.8) is 0 Å². The Balaban J connectivity index is 1.08. The van der Waals surface area contributed by atoms with E-state index in [4.69, 9.17) is 5.73 Å². The zero-order chi connectivity index (χ0) is 35.8. The molecule has 3 N–H and O–H groups in total. The van der Waals surface area contributed by atoms with Gasteiger partial charge in [0.05, 0.1) is 22.8 Å². The second kappa shape index (κ2) is 14.7. The van der Waals surface area contributed by atoms with Crippen LogP contribution in [0.2, 0.25) is 0 Å². The number of hydrogen-bond acceptors (Lipinski definition) is 10. The summed E-state index contributed by atoms with van der Waals surface area (Å²) in [6, 6.07) is 10.4. The van der Waals surface area contributed by atoms with Crippen molar-refractivity contribution in [2.75, 3.05) is 43.0 Å². The molecule has 2 aliphatic heterocycles. The first kappa shape index (κ1) is 36.3. The van der Waals surface area contributed by atoms with Gasteiger partial charge in [0, 0.05) is 54.0 Å². The van der Waals surface area contributed by atoms with Crippen LogP contribution < -0.4 is 11.1 Å². The second-order valence-corrected chi connectivity index (χ2v) is 17.4. The highest BCUT2D eigenvalue weighted by Crippen LogP contribution is 2.35. The number of benzene rings is 1. The molecule has 270 valence electrons. The molecule has 0 radical (unpaired) electrons. The summed E-state index contributed by atoms with van der Waals surface area (Å²) in [5, 5.41) is 14.9. The number of aryl methyl sites for hydroxylation is 1. The predicted octanol–water partition coefficient (Wildman–Crippen LogP) is 6.27. The molecule has 0 amide bonds. The van der Waals surface area contributed by atoms with E-state index < -0.39 is 22.4 Å². The van der Waals surface area contributed by atoms with Gasteiger partial charge in [0.15, 0.2) is 9.84 Å². The van der Waals surface area contributed by atoms with Crippen molar-refractivity contribution in [3.8, 4) is 6.07 Å². The molecule has 0 aliphatic carbocycles. The molecule has 3 aromatic heterocycles. The molecule has 15 heteroatoms. The zero-order valence-corrected chi connectivity index (χ0v) is 30.4. The van der Waals surface area contributed by atoms with E-state index in [1.54, 1.807) is 0 Å². The molecule has 1 atom stereocenters. The molecule has 0 spiro atoms. The van der Waals surface area contributed by atoms with Crippen LogP contribution in [0.15, 0.2) is 24.3 Å². The summed E-state index contributed by atoms with van der Waals surface area (Å²) < 4.78 is 66.3. The van der Waals surface area contributed by atoms with Gasteiger partial charge in [-0.25, -0.2) is 13.4 Å². The molecule has 5 heterocycles. The van der Waals surface area contributed by atoms with E-state index in [0.717, 1.165) is 73.4 Å². The maximum atomic E-state index is 13.0. The first-order valence-corrected chi connectivity index (χ1v) is 19.9. The second-order valence-electron chi connectivity index (χ2n) is 13.8. The number of nitrogens with zero attached hydrogens (tertiary/aromatic N) is 6. The van der Waals surface area contributed by atoms with Crippen LogP contribution in [-0.2, 0) is 29.3 Å². The minimum absolute atomic E-state index is 0.0339. The zero-order valence-electron chi connectivity index (χ0n) is 28.8. The van der Waals surface area contributed by atoms with Crippen LogP contribution in [0.1, 0.15) is 67.6 Å². The first-order chi connectivity index (χ1) is 23.7. The van der Waals surface area contributed by atoms with Crippen molar-refractivity contribution in [1.29, 1.82) is 5.26 Å². The van der Waals surface area contributed by atoms with Gasteiger partial charge in [0.25, 0.3) is 0 Å². The highest BCUT2D eigenvalue weighted by atomic mass is 32.2. The van der Waals surface area contributed by atoms with E-state index in [-0.39, 0.29) is 33.9 Å². The molecule has 0 unspecified atom stereocenters. The van der Waals surface area contributed by atoms with Crippen LogP contribution in [0.4, 0.5) is 24.9 Å². The van der Waals surface area contributed by atoms with Gasteiger partial charge in [-0.1, -0.05) is 13.0 Å². The smallest absolute Gasteiger partial charge is 0.368 e. The predicted molar refractivity (Wildman–Crippen MR) is 193 cm³/mol. The van der Waals surface area contributed by atoms with Crippen molar-refractivity contribution in [2.45, 2.75) is 95.9 Å². The Bertz CT molecular complexity index is 1990. The monoisotopic (exact) mass is 730 g/mol. The summed E-state index contributed by atoms with van der Waals surface area (Å²) in [6.07, 6.45) is -1.69. The summed E-state index contributed by atoms with van der Waals surface area (Å²) in [4.78, 5) is 13.9. The van der Waals surface area contributed by atoms with Crippen LogP contribution in [0.5, 0.6) is 0 Å². The topological polar surface area (TPSA) is 133 Å². The quantitative estimate of drug-likeness (QED) is 0.183. The molecule has 0 saturated carbocycles. The Labute approximate surface area is 295 Å². The Morgan fingerprint density at radius 2 is 1.82 bits per heavy atom. The Morgan fingerprint density at radius 3 is 2.48 bits per heavy atom. The van der Waals surface area contributed by atoms with Crippen LogP contribution in [0.25, 0.3) is 21.1 Å². The highest BCUT2D eigenvalue weighted by molar-refractivity contribution is 7.92. The van der Waals surface area contributed by atoms with Crippen LogP contribution in [0.3, 0.4) is 0 Å². The molecule has 6 rings (SSSR count). The minimum Gasteiger partial charge on any atom is -0.368 e. The number of nitrogens with two attached hydrogens (primary N) is 1. The van der Waals surface area contributed by atoms with Crippen molar-refractivity contribution in [2.24, 2.45) is 0 Å². The normalized spacial score (nSPS) is 18.2. The number of sulfone groups is 1. The fraction of sp³-hybridized carbons (Fsp3) is 0.571. The maximum Gasteiger partial charge on any atom is 0.393 e. The Kier molecular flexibility index (Phi) is 10.7. The number of nitrogen functional groups attached to an aromatic ring is 1. The number of nitriles is 1. The lowest BCUT2D eigenvalue weighted by Crippen LogP contribution is -2.45. The lowest BCUT2D eigenvalue weighted by atomic mass is 10.0. The summed E-state index contributed by atoms with van der Waals surface area (Å²) in [5.74, 6) is 0.768. The number of hydrogen-bond donors (Lipinski definition) is 2. The van der Waals surface area contributed by atoms with E-state index in [1.807, 2.05) is 13.0 Å². The lowest BCUT2D eigenvalue weighted by molar-refractivity contribution is -0.126. The van der Waals surface area contributed by atoms with Crippen molar-refractivity contribution in [3.05, 3.63) is 46.0 Å². The Morgan fingerprint density at radius 1 is 1.10 bits per heavy atom. The minimum atomic E-state index is -4.30. The summed E-state index contributed by atoms with van der Waals surface area (Å²) in [6.45, 7) is 10.7. The Hall–Kier alpha value is -3.45. The molecule has 0 bridgehead atoms. The van der Waals surface area contributed by atoms with Crippen molar-refractivity contribution in [1.82, 2.24) is 24.3 Å². The molecular formula is C35H45F3N8O2S2. The number of rotatable bonds is 11. The molecule has 1 aromatic carbocycles. The molecule has 50 heavy (non-hydrogen) atoms. The number of fused-ring (bicyclic) bond motifs is 2. The fourth-order valence-electron chi connectivity index (χ4n) is 7.54. The van der Waals surface area contributed by atoms with Gasteiger partial charge in [0.1, 0.15) is 22.4 Å². The first-order valence-electron chi connectivity index (χ1n) is 17.3. The largest absolute Gasteiger partial charge is 0.393 e. The highest BCUT2D eigenvalue weighted by Gasteiger charge is 2.32. The number of thiophene rings is 1. The maximum absolute atomic E-state index is 13.0. The van der Waals surface area contributed by atoms with E-state index in [9.17, 15) is 26.9 Å². The standard InChI is InChI=1S/C35H45F3N8O2S2/c1-4-15-50(47,48)28-9-13-45(14-10-28)22(2)20-46-26(19-39)16-29-23(3)24(5-6-31(29)46)21-44-11-7-25(8-12-44)41-32-30-17-27(18-35(36,37)38)49-33(30)43-34(40)42-32/h5-6,16-17,22,25,28H,4,7-15,18,20-21H2,1-3H3,(H3,40,41,42,43)/t22-/m0/s1. The summed E-state index contributed by atoms with van der Waals surface area (Å²) in [7, 11) is -3.04. The number of nitrogens with one attached hydrogen (secondary N) is 1. The van der Waals surface area contributed by atoms with Crippen molar-refractivity contribution >= 4 is 54.1 Å². The SMILES string of the molecule is CCCS(=O)(=O)C1CCN([C@@H](C)Cn2c(C#N)cc3c(C)c(CN4CCC(Nc5nc(N)nc6sc(CC(F)(F)F)cc56)CC4)ccc32)CC1. The number of anilines is 2. The molecule has 2 aliphatic rings. The van der Waals surface area contributed by atoms with E-state index in [1.165, 1.54) is 11.6 Å². The van der Waals surface area contributed by atoms with Gasteiger partial charge in [-0.05, 0) is 88.4 Å². The average Bonchev–Trinajstić information content (AvgIpc) is 3.63. The molecule has 2 saturated heterocycles. The third-order valence-electron chi connectivity index (χ3n) is 10.3. The van der Waals surface area contributed by atoms with Crippen LogP contribution >= 0.6 is 11.3 Å². The molecule has 10 nitrogen and oxygen atoms in total. The van der Waals surface area contributed by atoms with Crippen molar-refractivity contribution < 1.29 is 21.6 Å². The van der Waals surface area contributed by atoms with E-state index in [2.05, 4.69) is 61.7 Å². The fourth-order valence-corrected chi connectivity index (χ4v) is 10.4. The summed E-state index contributed by atoms with van der Waals surface area (Å²) >= 11 is 0.994. The molecule has 4 aromatic rings. The number of halogens is 3. The number of likely N-dealkylation sites (tertiary alicyclic amines) is 2. The number of aromatic nitrogens is 3. The third-order valence-corrected chi connectivity index (χ3v) is 13.8. The van der Waals surface area contributed by atoms with Gasteiger partial charge in [-0.2, -0.15) is 23.4 Å². The van der Waals surface area contributed by atoms with Gasteiger partial charge in [0.2, 0.25) is 5.95 Å². The van der Waals surface area contributed by atoms with Gasteiger partial charge < -0.3 is 15.6 Å². The van der Waals surface area contributed by atoms with Gasteiger partial charge >= 0.3 is 6.18 Å². The molecule has 2 fully saturated rings. The van der Waals surface area contributed by atoms with Crippen LogP contribution in [-0.4, -0.2) is 88.2 Å². The van der Waals surface area contributed by atoms with Gasteiger partial charge in [-0.15, -0.1) is 11.3 Å². The van der Waals surface area contributed by atoms with E-state index in [0.29, 0.717) is 47.5 Å². The van der Waals surface area contributed by atoms with Gasteiger partial charge in [-0.3, -0.25) is 9.80 Å². The lowest BCUT2D eigenvalue weighted by Gasteiger charge is -2.36. The number of alkyl halides is 3. The average molecular weight is 731 g/mol. The molecular weight excluding hydrogens is 686 g/mol. The number of piperidine rings is 2. The van der Waals surface area contributed by atoms with E-state index >= 15 is 0 Å². The van der Waals surface area contributed by atoms with Crippen LogP contribution in [0, 0.1) is 18.3 Å². The third kappa shape index (κ3) is 8.03.